The molecule has 0 aliphatic carbocycles. The van der Waals surface area contributed by atoms with E-state index in [4.69, 9.17) is 17.0 Å². The average molecular weight is 757 g/mol. The predicted molar refractivity (Wildman–Crippen MR) is 211 cm³/mol. The molecule has 0 nitrogen and oxygen atoms in total. The van der Waals surface area contributed by atoms with Gasteiger partial charge in [-0.1, -0.05) is 127 Å². The zero-order chi connectivity index (χ0) is 34.9. The van der Waals surface area contributed by atoms with E-state index in [0.717, 1.165) is 9.52 Å². The minimum absolute atomic E-state index is 0.206. The quantitative estimate of drug-likeness (QED) is 0.125. The molecule has 0 atom stereocenters. The summed E-state index contributed by atoms with van der Waals surface area (Å²) in [6.45, 7) is 24.4. The molecular weight excluding hydrogens is 707 g/mol. The van der Waals surface area contributed by atoms with E-state index in [1.165, 1.54) is 77.2 Å². The van der Waals surface area contributed by atoms with E-state index in [1.54, 1.807) is 0 Å². The molecule has 6 aromatic rings. The average Bonchev–Trinajstić information content (AvgIpc) is 3.64. The Hall–Kier alpha value is -2.22. The number of benzene rings is 4. The molecule has 0 saturated carbocycles. The first-order valence-corrected chi connectivity index (χ1v) is 24.7. The molecule has 0 heterocycles. The summed E-state index contributed by atoms with van der Waals surface area (Å²) < 4.78 is 0. The molecule has 0 amide bonds. The van der Waals surface area contributed by atoms with Crippen molar-refractivity contribution < 1.29 is 20.8 Å². The first-order valence-electron chi connectivity index (χ1n) is 16.4. The first-order chi connectivity index (χ1) is 22.3. The van der Waals surface area contributed by atoms with Crippen LogP contribution in [0.15, 0.2) is 97.1 Å². The summed E-state index contributed by atoms with van der Waals surface area (Å²) in [4.78, 5) is 0. The van der Waals surface area contributed by atoms with Gasteiger partial charge in [0.05, 0.1) is 0 Å². The molecule has 4 heteroatoms. The fraction of sp³-hybridized carbons (Fsp3) is 0.302. The Bertz CT molecular complexity index is 1860. The molecule has 244 valence electrons. The van der Waals surface area contributed by atoms with Crippen LogP contribution in [0, 0.1) is 27.7 Å². The molecule has 0 aliphatic heterocycles. The van der Waals surface area contributed by atoms with Crippen LogP contribution in [0.1, 0.15) is 73.9 Å². The van der Waals surface area contributed by atoms with Crippen molar-refractivity contribution in [3.05, 3.63) is 130 Å². The molecule has 47 heavy (non-hydrogen) atoms. The van der Waals surface area contributed by atoms with Crippen molar-refractivity contribution in [3.8, 4) is 22.3 Å². The Labute approximate surface area is 306 Å². The molecule has 0 spiro atoms. The molecule has 2 radical (unpaired) electrons. The van der Waals surface area contributed by atoms with Crippen LogP contribution in [-0.4, -0.2) is 9.52 Å². The van der Waals surface area contributed by atoms with Crippen LogP contribution in [0.3, 0.4) is 0 Å². The van der Waals surface area contributed by atoms with Gasteiger partial charge in [-0.3, -0.25) is 0 Å². The van der Waals surface area contributed by atoms with Crippen molar-refractivity contribution in [2.75, 3.05) is 0 Å². The second-order valence-corrected chi connectivity index (χ2v) is 18.4. The van der Waals surface area contributed by atoms with Gasteiger partial charge < -0.3 is 0 Å². The van der Waals surface area contributed by atoms with Gasteiger partial charge in [-0.25, -0.2) is 0 Å². The van der Waals surface area contributed by atoms with Gasteiger partial charge >= 0.3 is 37.9 Å². The van der Waals surface area contributed by atoms with Crippen LogP contribution in [0.5, 0.6) is 0 Å². The molecule has 6 rings (SSSR count). The molecule has 0 aliphatic rings. The van der Waals surface area contributed by atoms with E-state index in [0.29, 0.717) is 5.92 Å². The zero-order valence-corrected chi connectivity index (χ0v) is 35.0. The van der Waals surface area contributed by atoms with Crippen molar-refractivity contribution in [1.82, 2.24) is 0 Å². The minimum atomic E-state index is -0.826. The fourth-order valence-corrected chi connectivity index (χ4v) is 5.86. The van der Waals surface area contributed by atoms with Crippen LogP contribution in [0.25, 0.3) is 43.8 Å². The van der Waals surface area contributed by atoms with Gasteiger partial charge in [0.25, 0.3) is 0 Å². The SMILES string of the molecule is C[Si]C.Cc1cc2c(-c3ccc(C(C)(C)C)cc3)ccc(C)c2[cH-]1.Cc1cccc(-c2cccc3[cH-]c(C(C)C)cc23)c1C.[Cl][Zr+2][Cl]. The van der Waals surface area contributed by atoms with Crippen molar-refractivity contribution >= 4 is 48.1 Å². The van der Waals surface area contributed by atoms with Gasteiger partial charge in [0.15, 0.2) is 0 Å². The van der Waals surface area contributed by atoms with Gasteiger partial charge in [0.2, 0.25) is 0 Å². The summed E-state index contributed by atoms with van der Waals surface area (Å²) in [5, 5.41) is 5.48. The molecule has 0 N–H and O–H groups in total. The van der Waals surface area contributed by atoms with E-state index in [1.807, 2.05) is 0 Å². The third-order valence-corrected chi connectivity index (χ3v) is 8.65. The molecule has 0 saturated heterocycles. The van der Waals surface area contributed by atoms with Crippen molar-refractivity contribution in [3.63, 3.8) is 0 Å². The second kappa shape index (κ2) is 18.0. The van der Waals surface area contributed by atoms with Crippen LogP contribution < -0.4 is 0 Å². The van der Waals surface area contributed by atoms with E-state index in [2.05, 4.69) is 172 Å². The number of hydrogen-bond acceptors (Lipinski definition) is 0. The third kappa shape index (κ3) is 10.1. The van der Waals surface area contributed by atoms with E-state index in [9.17, 15) is 0 Å². The summed E-state index contributed by atoms with van der Waals surface area (Å²) in [6.07, 6.45) is 0. The molecule has 0 unspecified atom stereocenters. The topological polar surface area (TPSA) is 0 Å². The van der Waals surface area contributed by atoms with Gasteiger partial charge in [-0.05, 0) is 53.0 Å². The third-order valence-electron chi connectivity index (χ3n) is 8.65. The Balaban J connectivity index is 0.000000219. The number of aryl methyl sites for hydroxylation is 3. The number of halogens is 2. The van der Waals surface area contributed by atoms with Gasteiger partial charge in [-0.15, -0.1) is 68.6 Å². The van der Waals surface area contributed by atoms with E-state index >= 15 is 0 Å². The fourth-order valence-electron chi connectivity index (χ4n) is 5.86. The van der Waals surface area contributed by atoms with Crippen LogP contribution in [-0.2, 0) is 26.3 Å². The number of fused-ring (bicyclic) bond motifs is 2. The maximum atomic E-state index is 4.93. The molecular formula is C43H50Cl2SiZr. The molecule has 0 bridgehead atoms. The van der Waals surface area contributed by atoms with Crippen molar-refractivity contribution in [1.29, 1.82) is 0 Å². The van der Waals surface area contributed by atoms with E-state index in [-0.39, 0.29) is 5.41 Å². The maximum absolute atomic E-state index is 4.93. The Morgan fingerprint density at radius 1 is 0.681 bits per heavy atom. The zero-order valence-electron chi connectivity index (χ0n) is 30.1. The summed E-state index contributed by atoms with van der Waals surface area (Å²) in [5.74, 6) is 0.578. The normalized spacial score (nSPS) is 10.9. The molecule has 6 aromatic carbocycles. The standard InChI is InChI=1S/C21H23.C20H21.C2H6Si.2ClH.Zr/c1-14-12-19-15(2)6-11-18(20(19)13-14)16-7-9-17(10-8-16)21(3,4)5;1-13(2)17-11-16-8-6-10-19(20(16)12-17)18-9-5-7-14(3)15(18)4;1-3-2;;;/h6-13H,1-5H3;5-13H,1-4H3;1-2H3;2*1H;/q2*-1;;;;+4/p-2. The van der Waals surface area contributed by atoms with Crippen LogP contribution >= 0.6 is 17.0 Å². The first kappa shape index (κ1) is 39.2. The summed E-state index contributed by atoms with van der Waals surface area (Å²) in [6, 6.07) is 36.0. The molecule has 0 aromatic heterocycles. The van der Waals surface area contributed by atoms with E-state index < -0.39 is 20.8 Å². The van der Waals surface area contributed by atoms with Crippen molar-refractivity contribution in [2.45, 2.75) is 86.7 Å². The van der Waals surface area contributed by atoms with Crippen LogP contribution in [0.4, 0.5) is 0 Å². The Kier molecular flexibility index (Phi) is 15.0. The summed E-state index contributed by atoms with van der Waals surface area (Å²) in [5.41, 5.74) is 13.8. The summed E-state index contributed by atoms with van der Waals surface area (Å²) in [7, 11) is 11.0. The second-order valence-electron chi connectivity index (χ2n) is 13.7. The predicted octanol–water partition coefficient (Wildman–Crippen LogP) is 14.3. The summed E-state index contributed by atoms with van der Waals surface area (Å²) >= 11 is -0.826. The van der Waals surface area contributed by atoms with Gasteiger partial charge in [-0.2, -0.15) is 12.1 Å². The number of rotatable bonds is 3. The number of hydrogen-bond donors (Lipinski definition) is 0. The van der Waals surface area contributed by atoms with Gasteiger partial charge in [0.1, 0.15) is 0 Å². The van der Waals surface area contributed by atoms with Gasteiger partial charge in [0, 0.05) is 9.52 Å². The Morgan fingerprint density at radius 3 is 1.87 bits per heavy atom. The van der Waals surface area contributed by atoms with Crippen molar-refractivity contribution in [2.24, 2.45) is 0 Å². The Morgan fingerprint density at radius 2 is 1.28 bits per heavy atom. The van der Waals surface area contributed by atoms with Crippen LogP contribution in [0.2, 0.25) is 13.1 Å². The monoisotopic (exact) mass is 754 g/mol. The molecule has 0 fully saturated rings.